The van der Waals surface area contributed by atoms with E-state index in [0.717, 1.165) is 27.6 Å². The molecule has 94 valence electrons. The molecule has 0 fully saturated rings. The zero-order valence-electron chi connectivity index (χ0n) is 10.5. The van der Waals surface area contributed by atoms with E-state index in [9.17, 15) is 0 Å². The fourth-order valence-corrected chi connectivity index (χ4v) is 2.68. The molecule has 0 saturated heterocycles. The van der Waals surface area contributed by atoms with Gasteiger partial charge in [0.25, 0.3) is 0 Å². The van der Waals surface area contributed by atoms with Crippen LogP contribution in [0.4, 0.5) is 5.69 Å². The zero-order chi connectivity index (χ0) is 13.2. The third-order valence-electron chi connectivity index (χ3n) is 2.88. The number of aromatic nitrogens is 2. The van der Waals surface area contributed by atoms with Gasteiger partial charge in [-0.3, -0.25) is 4.98 Å². The molecule has 0 aliphatic rings. The molecule has 3 rings (SSSR count). The summed E-state index contributed by atoms with van der Waals surface area (Å²) in [7, 11) is 0. The number of hydrogen-bond donors (Lipinski definition) is 1. The minimum atomic E-state index is 0.747. The number of para-hydroxylation sites is 1. The lowest BCUT2D eigenvalue weighted by Gasteiger charge is -2.01. The molecular weight excluding hydrogens is 254 g/mol. The second-order valence-electron chi connectivity index (χ2n) is 4.34. The van der Waals surface area contributed by atoms with Crippen LogP contribution in [-0.4, -0.2) is 9.97 Å². The van der Waals surface area contributed by atoms with Crippen molar-refractivity contribution < 1.29 is 0 Å². The molecule has 1 aromatic carbocycles. The summed E-state index contributed by atoms with van der Waals surface area (Å²) in [4.78, 5) is 8.98. The summed E-state index contributed by atoms with van der Waals surface area (Å²) in [5.74, 6) is 0. The average Bonchev–Trinajstić information content (AvgIpc) is 2.89. The van der Waals surface area contributed by atoms with E-state index in [4.69, 9.17) is 5.73 Å². The van der Waals surface area contributed by atoms with Gasteiger partial charge in [-0.25, -0.2) is 4.98 Å². The van der Waals surface area contributed by atoms with Crippen molar-refractivity contribution in [1.29, 1.82) is 0 Å². The number of anilines is 1. The molecular formula is C15H13N3S. The molecule has 0 aliphatic heterocycles. The monoisotopic (exact) mass is 267 g/mol. The average molecular weight is 267 g/mol. The predicted octanol–water partition coefficient (Wildman–Crippen LogP) is 3.76. The van der Waals surface area contributed by atoms with Gasteiger partial charge in [-0.2, -0.15) is 0 Å². The van der Waals surface area contributed by atoms with Crippen molar-refractivity contribution in [2.75, 3.05) is 5.73 Å². The second-order valence-corrected chi connectivity index (χ2v) is 5.20. The lowest BCUT2D eigenvalue weighted by atomic mass is 10.1. The van der Waals surface area contributed by atoms with Gasteiger partial charge in [0, 0.05) is 22.8 Å². The third-order valence-corrected chi connectivity index (χ3v) is 3.74. The van der Waals surface area contributed by atoms with Gasteiger partial charge in [0.1, 0.15) is 5.01 Å². The number of hydrogen-bond acceptors (Lipinski definition) is 4. The van der Waals surface area contributed by atoms with Crippen molar-refractivity contribution in [3.05, 3.63) is 53.5 Å². The van der Waals surface area contributed by atoms with Crippen LogP contribution >= 0.6 is 11.3 Å². The zero-order valence-corrected chi connectivity index (χ0v) is 11.3. The summed E-state index contributed by atoms with van der Waals surface area (Å²) < 4.78 is 0. The van der Waals surface area contributed by atoms with Gasteiger partial charge in [-0.05, 0) is 30.7 Å². The largest absolute Gasteiger partial charge is 0.398 e. The number of nitrogen functional groups attached to an aromatic ring is 1. The minimum Gasteiger partial charge on any atom is -0.398 e. The molecule has 0 amide bonds. The molecule has 0 unspecified atom stereocenters. The summed E-state index contributed by atoms with van der Waals surface area (Å²) in [6.07, 6.45) is 1.81. The van der Waals surface area contributed by atoms with Crippen LogP contribution in [0.5, 0.6) is 0 Å². The van der Waals surface area contributed by atoms with Crippen LogP contribution in [0.15, 0.2) is 48.0 Å². The normalized spacial score (nSPS) is 10.6. The SMILES string of the molecule is Cc1ccnc(-c2nc(-c3ccccc3N)cs2)c1. The van der Waals surface area contributed by atoms with E-state index in [-0.39, 0.29) is 0 Å². The highest BCUT2D eigenvalue weighted by Crippen LogP contribution is 2.30. The molecule has 0 spiro atoms. The molecule has 0 aliphatic carbocycles. The van der Waals surface area contributed by atoms with Gasteiger partial charge < -0.3 is 5.73 Å². The predicted molar refractivity (Wildman–Crippen MR) is 79.9 cm³/mol. The van der Waals surface area contributed by atoms with Crippen LogP contribution in [0.3, 0.4) is 0 Å². The Kier molecular flexibility index (Phi) is 3.01. The van der Waals surface area contributed by atoms with Gasteiger partial charge in [0.05, 0.1) is 11.4 Å². The molecule has 0 bridgehead atoms. The molecule has 2 aromatic heterocycles. The first-order chi connectivity index (χ1) is 9.24. The van der Waals surface area contributed by atoms with Crippen molar-refractivity contribution in [3.8, 4) is 22.0 Å². The molecule has 3 nitrogen and oxygen atoms in total. The topological polar surface area (TPSA) is 51.8 Å². The molecule has 0 radical (unpaired) electrons. The minimum absolute atomic E-state index is 0.747. The highest BCUT2D eigenvalue weighted by atomic mass is 32.1. The standard InChI is InChI=1S/C15H13N3S/c1-10-6-7-17-13(8-10)15-18-14(9-19-15)11-4-2-3-5-12(11)16/h2-9H,16H2,1H3. The van der Waals surface area contributed by atoms with E-state index in [0.29, 0.717) is 0 Å². The van der Waals surface area contributed by atoms with Gasteiger partial charge in [-0.1, -0.05) is 18.2 Å². The Balaban J connectivity index is 2.03. The smallest absolute Gasteiger partial charge is 0.142 e. The van der Waals surface area contributed by atoms with Crippen molar-refractivity contribution in [2.24, 2.45) is 0 Å². The second kappa shape index (κ2) is 4.82. The van der Waals surface area contributed by atoms with Gasteiger partial charge in [-0.15, -0.1) is 11.3 Å². The van der Waals surface area contributed by atoms with Crippen molar-refractivity contribution in [3.63, 3.8) is 0 Å². The van der Waals surface area contributed by atoms with Crippen molar-refractivity contribution in [1.82, 2.24) is 9.97 Å². The van der Waals surface area contributed by atoms with Crippen molar-refractivity contribution in [2.45, 2.75) is 6.92 Å². The number of benzene rings is 1. The van der Waals surface area contributed by atoms with Crippen LogP contribution in [0.25, 0.3) is 22.0 Å². The summed E-state index contributed by atoms with van der Waals surface area (Å²) in [5.41, 5.74) is 10.7. The van der Waals surface area contributed by atoms with Gasteiger partial charge >= 0.3 is 0 Å². The van der Waals surface area contributed by atoms with E-state index in [1.807, 2.05) is 48.0 Å². The number of pyridine rings is 1. The van der Waals surface area contributed by atoms with E-state index < -0.39 is 0 Å². The highest BCUT2D eigenvalue weighted by molar-refractivity contribution is 7.13. The number of nitrogens with two attached hydrogens (primary N) is 1. The van der Waals surface area contributed by atoms with E-state index in [2.05, 4.69) is 16.9 Å². The van der Waals surface area contributed by atoms with E-state index in [1.165, 1.54) is 5.56 Å². The molecule has 4 heteroatoms. The van der Waals surface area contributed by atoms with E-state index >= 15 is 0 Å². The van der Waals surface area contributed by atoms with Crippen LogP contribution in [0, 0.1) is 6.92 Å². The first-order valence-electron chi connectivity index (χ1n) is 5.97. The Bertz CT molecular complexity index is 719. The number of aryl methyl sites for hydroxylation is 1. The summed E-state index contributed by atoms with van der Waals surface area (Å²) in [6, 6.07) is 11.8. The highest BCUT2D eigenvalue weighted by Gasteiger charge is 2.09. The Morgan fingerprint density at radius 2 is 1.95 bits per heavy atom. The Morgan fingerprint density at radius 1 is 1.11 bits per heavy atom. The Hall–Kier alpha value is -2.20. The Morgan fingerprint density at radius 3 is 2.74 bits per heavy atom. The molecule has 19 heavy (non-hydrogen) atoms. The summed E-state index contributed by atoms with van der Waals surface area (Å²) in [5, 5.41) is 2.94. The summed E-state index contributed by atoms with van der Waals surface area (Å²) in [6.45, 7) is 2.05. The molecule has 0 saturated carbocycles. The maximum Gasteiger partial charge on any atom is 0.142 e. The van der Waals surface area contributed by atoms with Crippen molar-refractivity contribution >= 4 is 17.0 Å². The summed E-state index contributed by atoms with van der Waals surface area (Å²) >= 11 is 1.59. The fraction of sp³-hybridized carbons (Fsp3) is 0.0667. The lowest BCUT2D eigenvalue weighted by molar-refractivity contribution is 1.26. The molecule has 0 atom stereocenters. The Labute approximate surface area is 115 Å². The van der Waals surface area contributed by atoms with Crippen LogP contribution < -0.4 is 5.73 Å². The molecule has 3 aromatic rings. The third kappa shape index (κ3) is 2.35. The lowest BCUT2D eigenvalue weighted by Crippen LogP contribution is -1.89. The number of nitrogens with zero attached hydrogens (tertiary/aromatic N) is 2. The first kappa shape index (κ1) is 11.9. The number of rotatable bonds is 2. The quantitative estimate of drug-likeness (QED) is 0.719. The molecule has 2 N–H and O–H groups in total. The van der Waals surface area contributed by atoms with Crippen LogP contribution in [-0.2, 0) is 0 Å². The van der Waals surface area contributed by atoms with Crippen LogP contribution in [0.1, 0.15) is 5.56 Å². The maximum atomic E-state index is 5.97. The first-order valence-corrected chi connectivity index (χ1v) is 6.85. The van der Waals surface area contributed by atoms with Crippen LogP contribution in [0.2, 0.25) is 0 Å². The molecule has 2 heterocycles. The number of thiazole rings is 1. The van der Waals surface area contributed by atoms with Gasteiger partial charge in [0.2, 0.25) is 0 Å². The maximum absolute atomic E-state index is 5.97. The van der Waals surface area contributed by atoms with E-state index in [1.54, 1.807) is 11.3 Å². The fourth-order valence-electron chi connectivity index (χ4n) is 1.90. The van der Waals surface area contributed by atoms with Gasteiger partial charge in [0.15, 0.2) is 0 Å².